The summed E-state index contributed by atoms with van der Waals surface area (Å²) >= 11 is 3.40. The van der Waals surface area contributed by atoms with E-state index in [4.69, 9.17) is 0 Å². The number of halogens is 2. The first kappa shape index (κ1) is 16.5. The molecule has 0 aromatic carbocycles. The standard InChI is InChI=1S/C15H17FIN5OS/c1-7-4-20(3)5-9-6-24-12-10-13(21(7)9)19-15(23)22(17)14(10)18-8(2)11(12)16/h7,9H,4-6H2,1-3H3. The fourth-order valence-electron chi connectivity index (χ4n) is 3.70. The molecule has 2 atom stereocenters. The van der Waals surface area contributed by atoms with Gasteiger partial charge >= 0.3 is 5.69 Å². The van der Waals surface area contributed by atoms with Gasteiger partial charge in [0, 0.05) is 24.9 Å². The minimum absolute atomic E-state index is 0.191. The average molecular weight is 461 g/mol. The lowest BCUT2D eigenvalue weighted by Gasteiger charge is -2.44. The van der Waals surface area contributed by atoms with E-state index in [1.165, 1.54) is 14.5 Å². The van der Waals surface area contributed by atoms with Crippen LogP contribution in [0.25, 0.3) is 11.0 Å². The molecule has 4 heterocycles. The molecule has 0 radical (unpaired) electrons. The summed E-state index contributed by atoms with van der Waals surface area (Å²) < 4.78 is 16.2. The third kappa shape index (κ3) is 2.35. The molecule has 0 spiro atoms. The summed E-state index contributed by atoms with van der Waals surface area (Å²) in [6, 6.07) is 0.390. The van der Waals surface area contributed by atoms with E-state index in [1.54, 1.807) is 6.92 Å². The molecule has 0 N–H and O–H groups in total. The summed E-state index contributed by atoms with van der Waals surface area (Å²) in [4.78, 5) is 26.1. The van der Waals surface area contributed by atoms with Crippen LogP contribution in [0.5, 0.6) is 0 Å². The predicted octanol–water partition coefficient (Wildman–Crippen LogP) is 2.05. The van der Waals surface area contributed by atoms with Gasteiger partial charge in [0.1, 0.15) is 5.82 Å². The van der Waals surface area contributed by atoms with Gasteiger partial charge in [-0.05, 0) is 20.9 Å². The molecule has 0 aliphatic carbocycles. The van der Waals surface area contributed by atoms with Gasteiger partial charge in [0.15, 0.2) is 11.5 Å². The monoisotopic (exact) mass is 461 g/mol. The quantitative estimate of drug-likeness (QED) is 0.560. The van der Waals surface area contributed by atoms with E-state index in [2.05, 4.69) is 33.7 Å². The first-order valence-corrected chi connectivity index (χ1v) is 9.72. The molecule has 2 aromatic rings. The van der Waals surface area contributed by atoms with Gasteiger partial charge in [-0.25, -0.2) is 16.9 Å². The second kappa shape index (κ2) is 5.80. The molecule has 2 aliphatic rings. The number of piperazine rings is 1. The molecule has 2 aliphatic heterocycles. The third-order valence-corrected chi connectivity index (χ3v) is 6.74. The number of fused-ring (bicyclic) bond motifs is 2. The summed E-state index contributed by atoms with van der Waals surface area (Å²) in [5, 5.41) is 0.663. The minimum atomic E-state index is -0.362. The van der Waals surface area contributed by atoms with Gasteiger partial charge in [0.2, 0.25) is 0 Å². The number of hydrogen-bond acceptors (Lipinski definition) is 6. The highest BCUT2D eigenvalue weighted by Crippen LogP contribution is 2.41. The van der Waals surface area contributed by atoms with Crippen LogP contribution in [0, 0.1) is 12.7 Å². The van der Waals surface area contributed by atoms with Crippen molar-refractivity contribution in [2.45, 2.75) is 30.8 Å². The number of nitrogens with zero attached hydrogens (tertiary/aromatic N) is 5. The predicted molar refractivity (Wildman–Crippen MR) is 102 cm³/mol. The van der Waals surface area contributed by atoms with Gasteiger partial charge in [-0.1, -0.05) is 0 Å². The van der Waals surface area contributed by atoms with Crippen molar-refractivity contribution in [1.82, 2.24) is 17.6 Å². The highest BCUT2D eigenvalue weighted by molar-refractivity contribution is 14.1. The second-order valence-corrected chi connectivity index (χ2v) is 8.48. The summed E-state index contributed by atoms with van der Waals surface area (Å²) in [5.74, 6) is 1.04. The zero-order valence-corrected chi connectivity index (χ0v) is 16.6. The summed E-state index contributed by atoms with van der Waals surface area (Å²) in [7, 11) is 2.09. The van der Waals surface area contributed by atoms with Gasteiger partial charge in [-0.2, -0.15) is 4.98 Å². The Morgan fingerprint density at radius 2 is 2.08 bits per heavy atom. The van der Waals surface area contributed by atoms with Crippen molar-refractivity contribution in [3.05, 3.63) is 22.0 Å². The number of thioether (sulfide) groups is 1. The first-order chi connectivity index (χ1) is 11.4. The van der Waals surface area contributed by atoms with Crippen LogP contribution in [0.2, 0.25) is 0 Å². The number of likely N-dealkylation sites (N-methyl/N-ethyl adjacent to an activating group) is 1. The normalized spacial score (nSPS) is 24.1. The van der Waals surface area contributed by atoms with Crippen LogP contribution in [0.4, 0.5) is 10.2 Å². The Labute approximate surface area is 156 Å². The van der Waals surface area contributed by atoms with E-state index in [-0.39, 0.29) is 23.6 Å². The number of anilines is 1. The van der Waals surface area contributed by atoms with Gasteiger partial charge in [-0.15, -0.1) is 11.8 Å². The molecule has 6 nitrogen and oxygen atoms in total. The molecule has 1 fully saturated rings. The van der Waals surface area contributed by atoms with Crippen LogP contribution in [0.1, 0.15) is 12.6 Å². The third-order valence-electron chi connectivity index (χ3n) is 4.65. The maximum absolute atomic E-state index is 14.8. The Morgan fingerprint density at radius 1 is 1.33 bits per heavy atom. The second-order valence-electron chi connectivity index (χ2n) is 6.48. The molecule has 2 aromatic heterocycles. The Balaban J connectivity index is 2.08. The lowest BCUT2D eigenvalue weighted by molar-refractivity contribution is 0.241. The van der Waals surface area contributed by atoms with Crippen LogP contribution < -0.4 is 10.6 Å². The number of aromatic nitrogens is 3. The molecule has 4 rings (SSSR count). The Hall–Kier alpha value is -0.940. The van der Waals surface area contributed by atoms with Crippen molar-refractivity contribution in [1.29, 1.82) is 0 Å². The lowest BCUT2D eigenvalue weighted by Crippen LogP contribution is -2.58. The maximum Gasteiger partial charge on any atom is 0.360 e. The smallest absolute Gasteiger partial charge is 0.347 e. The summed E-state index contributed by atoms with van der Waals surface area (Å²) in [5.41, 5.74) is 0.454. The number of hydrogen-bond donors (Lipinski definition) is 0. The van der Waals surface area contributed by atoms with E-state index in [1.807, 2.05) is 22.9 Å². The SMILES string of the molecule is Cc1nc2c3c(nc(=O)n2I)N2C(C)CN(C)CC2CSc3c1F. The minimum Gasteiger partial charge on any atom is -0.347 e. The number of pyridine rings is 1. The molecule has 1 saturated heterocycles. The van der Waals surface area contributed by atoms with E-state index >= 15 is 0 Å². The summed E-state index contributed by atoms with van der Waals surface area (Å²) in [6.07, 6.45) is 0. The van der Waals surface area contributed by atoms with Gasteiger partial charge in [0.25, 0.3) is 0 Å². The lowest BCUT2D eigenvalue weighted by atomic mass is 10.1. The molecular weight excluding hydrogens is 444 g/mol. The topological polar surface area (TPSA) is 54.3 Å². The van der Waals surface area contributed by atoms with Crippen LogP contribution >= 0.6 is 34.6 Å². The molecular formula is C15H17FIN5OS. The number of aryl methyl sites for hydroxylation is 1. The van der Waals surface area contributed by atoms with E-state index in [0.717, 1.165) is 18.8 Å². The molecule has 9 heteroatoms. The molecule has 2 unspecified atom stereocenters. The van der Waals surface area contributed by atoms with Crippen LogP contribution in [-0.4, -0.2) is 55.6 Å². The van der Waals surface area contributed by atoms with Crippen LogP contribution in [0.15, 0.2) is 9.69 Å². The fourth-order valence-corrected chi connectivity index (χ4v) is 5.39. The zero-order chi connectivity index (χ0) is 17.2. The Kier molecular flexibility index (Phi) is 4.00. The zero-order valence-electron chi connectivity index (χ0n) is 13.6. The van der Waals surface area contributed by atoms with Gasteiger partial charge in [-0.3, -0.25) is 0 Å². The molecule has 128 valence electrons. The van der Waals surface area contributed by atoms with E-state index in [9.17, 15) is 9.18 Å². The molecule has 0 amide bonds. The van der Waals surface area contributed by atoms with Crippen molar-refractivity contribution < 1.29 is 4.39 Å². The van der Waals surface area contributed by atoms with E-state index < -0.39 is 0 Å². The average Bonchev–Trinajstić information content (AvgIpc) is 2.67. The van der Waals surface area contributed by atoms with Crippen molar-refractivity contribution in [2.24, 2.45) is 0 Å². The van der Waals surface area contributed by atoms with Crippen molar-refractivity contribution in [2.75, 3.05) is 30.8 Å². The molecule has 0 saturated carbocycles. The highest BCUT2D eigenvalue weighted by Gasteiger charge is 2.37. The largest absolute Gasteiger partial charge is 0.360 e. The highest BCUT2D eigenvalue weighted by atomic mass is 127. The van der Waals surface area contributed by atoms with Crippen LogP contribution in [-0.2, 0) is 0 Å². The Morgan fingerprint density at radius 3 is 2.83 bits per heavy atom. The van der Waals surface area contributed by atoms with Gasteiger partial charge in [0.05, 0.1) is 44.9 Å². The molecule has 0 bridgehead atoms. The maximum atomic E-state index is 14.8. The summed E-state index contributed by atoms with van der Waals surface area (Å²) in [6.45, 7) is 5.52. The van der Waals surface area contributed by atoms with Crippen LogP contribution in [0.3, 0.4) is 0 Å². The van der Waals surface area contributed by atoms with Crippen molar-refractivity contribution in [3.8, 4) is 0 Å². The van der Waals surface area contributed by atoms with Crippen molar-refractivity contribution >= 4 is 51.5 Å². The Bertz CT molecular complexity index is 904. The fraction of sp³-hybridized carbons (Fsp3) is 0.533. The van der Waals surface area contributed by atoms with Gasteiger partial charge < -0.3 is 9.80 Å². The first-order valence-electron chi connectivity index (χ1n) is 7.77. The number of rotatable bonds is 0. The van der Waals surface area contributed by atoms with E-state index in [0.29, 0.717) is 27.4 Å². The molecule has 24 heavy (non-hydrogen) atoms. The van der Waals surface area contributed by atoms with Crippen molar-refractivity contribution in [3.63, 3.8) is 0 Å².